The van der Waals surface area contributed by atoms with E-state index in [1.165, 1.54) is 36.0 Å². The van der Waals surface area contributed by atoms with Crippen molar-refractivity contribution in [2.24, 2.45) is 10.9 Å². The van der Waals surface area contributed by atoms with Gasteiger partial charge in [-0.3, -0.25) is 4.99 Å². The summed E-state index contributed by atoms with van der Waals surface area (Å²) >= 11 is 0. The summed E-state index contributed by atoms with van der Waals surface area (Å²) in [6.07, 6.45) is 4.62. The first kappa shape index (κ1) is 23.2. The van der Waals surface area contributed by atoms with E-state index in [0.717, 1.165) is 51.1 Å². The largest absolute Gasteiger partial charge is 0.381 e. The van der Waals surface area contributed by atoms with Crippen molar-refractivity contribution in [1.29, 1.82) is 0 Å². The lowest BCUT2D eigenvalue weighted by molar-refractivity contribution is 0.0625. The predicted octanol–water partition coefficient (Wildman–Crippen LogP) is 4.18. The number of nitrogens with zero attached hydrogens (tertiary/aromatic N) is 2. The van der Waals surface area contributed by atoms with E-state index in [9.17, 15) is 0 Å². The molecule has 0 saturated carbocycles. The predicted molar refractivity (Wildman–Crippen MR) is 122 cm³/mol. The molecule has 5 heteroatoms. The third kappa shape index (κ3) is 7.82. The first-order valence-electron chi connectivity index (χ1n) is 9.73. The van der Waals surface area contributed by atoms with E-state index in [0.29, 0.717) is 0 Å². The molecule has 1 aromatic rings. The van der Waals surface area contributed by atoms with Crippen LogP contribution in [-0.2, 0) is 11.2 Å². The molecule has 1 aromatic carbocycles. The summed E-state index contributed by atoms with van der Waals surface area (Å²) in [5, 5.41) is 3.43. The number of nitrogens with one attached hydrogen (secondary N) is 1. The van der Waals surface area contributed by atoms with Crippen LogP contribution >= 0.6 is 24.0 Å². The second-order valence-electron chi connectivity index (χ2n) is 7.18. The summed E-state index contributed by atoms with van der Waals surface area (Å²) in [6.45, 7) is 11.1. The Morgan fingerprint density at radius 3 is 2.65 bits per heavy atom. The zero-order valence-corrected chi connectivity index (χ0v) is 19.2. The van der Waals surface area contributed by atoms with Crippen molar-refractivity contribution < 1.29 is 4.74 Å². The van der Waals surface area contributed by atoms with Crippen LogP contribution in [0.25, 0.3) is 0 Å². The van der Waals surface area contributed by atoms with Crippen molar-refractivity contribution in [3.8, 4) is 0 Å². The smallest absolute Gasteiger partial charge is 0.193 e. The molecule has 0 radical (unpaired) electrons. The highest BCUT2D eigenvalue weighted by molar-refractivity contribution is 14.0. The number of halogens is 1. The summed E-state index contributed by atoms with van der Waals surface area (Å²) in [7, 11) is 2.15. The van der Waals surface area contributed by atoms with E-state index in [1.807, 2.05) is 0 Å². The van der Waals surface area contributed by atoms with Crippen molar-refractivity contribution in [1.82, 2.24) is 10.2 Å². The topological polar surface area (TPSA) is 36.9 Å². The van der Waals surface area contributed by atoms with Gasteiger partial charge in [-0.15, -0.1) is 24.0 Å². The van der Waals surface area contributed by atoms with Gasteiger partial charge in [-0.05, 0) is 63.5 Å². The zero-order valence-electron chi connectivity index (χ0n) is 16.9. The van der Waals surface area contributed by atoms with Gasteiger partial charge in [0.25, 0.3) is 0 Å². The fourth-order valence-electron chi connectivity index (χ4n) is 3.40. The third-order valence-electron chi connectivity index (χ3n) is 5.05. The SMILES string of the molecule is CCNC(=NCCc1ccc(C)cc1C)N(C)CCC1CCOCC1.I. The van der Waals surface area contributed by atoms with Crippen molar-refractivity contribution in [3.63, 3.8) is 0 Å². The number of ether oxygens (including phenoxy) is 1. The summed E-state index contributed by atoms with van der Waals surface area (Å²) in [4.78, 5) is 7.12. The van der Waals surface area contributed by atoms with Crippen LogP contribution in [0.2, 0.25) is 0 Å². The number of hydrogen-bond acceptors (Lipinski definition) is 2. The van der Waals surface area contributed by atoms with Gasteiger partial charge in [0.1, 0.15) is 0 Å². The lowest BCUT2D eigenvalue weighted by atomic mass is 9.96. The molecule has 1 aliphatic rings. The third-order valence-corrected chi connectivity index (χ3v) is 5.05. The molecule has 148 valence electrons. The first-order valence-corrected chi connectivity index (χ1v) is 9.73. The molecule has 1 heterocycles. The Kier molecular flexibility index (Phi) is 11.2. The quantitative estimate of drug-likeness (QED) is 0.367. The summed E-state index contributed by atoms with van der Waals surface area (Å²) < 4.78 is 5.45. The highest BCUT2D eigenvalue weighted by atomic mass is 127. The van der Waals surface area contributed by atoms with Crippen LogP contribution in [0.5, 0.6) is 0 Å². The van der Waals surface area contributed by atoms with Gasteiger partial charge in [-0.1, -0.05) is 23.8 Å². The standard InChI is InChI=1S/C21H35N3O.HI/c1-5-22-21(24(4)13-9-19-10-14-25-15-11-19)23-12-8-20-7-6-17(2)16-18(20)3;/h6-7,16,19H,5,8-15H2,1-4H3,(H,22,23);1H. The van der Waals surface area contributed by atoms with Crippen molar-refractivity contribution in [2.75, 3.05) is 39.9 Å². The molecule has 0 amide bonds. The molecular weight excluding hydrogens is 437 g/mol. The summed E-state index contributed by atoms with van der Waals surface area (Å²) in [5.41, 5.74) is 4.09. The summed E-state index contributed by atoms with van der Waals surface area (Å²) in [5.74, 6) is 1.83. The zero-order chi connectivity index (χ0) is 18.1. The molecule has 0 atom stereocenters. The average Bonchev–Trinajstić information content (AvgIpc) is 2.61. The molecule has 26 heavy (non-hydrogen) atoms. The van der Waals surface area contributed by atoms with Crippen LogP contribution in [0, 0.1) is 19.8 Å². The fourth-order valence-corrected chi connectivity index (χ4v) is 3.40. The molecule has 0 aromatic heterocycles. The van der Waals surface area contributed by atoms with Gasteiger partial charge in [0.2, 0.25) is 0 Å². The van der Waals surface area contributed by atoms with Gasteiger partial charge in [0.15, 0.2) is 5.96 Å². The maximum atomic E-state index is 5.45. The molecule has 0 spiro atoms. The van der Waals surface area contributed by atoms with Crippen LogP contribution in [-0.4, -0.2) is 50.8 Å². The normalized spacial score (nSPS) is 15.5. The maximum absolute atomic E-state index is 5.45. The van der Waals surface area contributed by atoms with E-state index in [1.54, 1.807) is 0 Å². The lowest BCUT2D eigenvalue weighted by Gasteiger charge is -2.26. The Morgan fingerprint density at radius 1 is 1.27 bits per heavy atom. The average molecular weight is 473 g/mol. The van der Waals surface area contributed by atoms with E-state index >= 15 is 0 Å². The van der Waals surface area contributed by atoms with Crippen LogP contribution in [0.4, 0.5) is 0 Å². The molecule has 2 rings (SSSR count). The summed E-state index contributed by atoms with van der Waals surface area (Å²) in [6, 6.07) is 6.68. The van der Waals surface area contributed by atoms with Gasteiger partial charge in [-0.2, -0.15) is 0 Å². The maximum Gasteiger partial charge on any atom is 0.193 e. The van der Waals surface area contributed by atoms with E-state index in [2.05, 4.69) is 56.2 Å². The van der Waals surface area contributed by atoms with Gasteiger partial charge in [0, 0.05) is 39.9 Å². The van der Waals surface area contributed by atoms with Crippen LogP contribution < -0.4 is 5.32 Å². The Labute approximate surface area is 176 Å². The van der Waals surface area contributed by atoms with Gasteiger partial charge in [0.05, 0.1) is 0 Å². The minimum Gasteiger partial charge on any atom is -0.381 e. The van der Waals surface area contributed by atoms with Crippen molar-refractivity contribution in [3.05, 3.63) is 34.9 Å². The molecule has 1 saturated heterocycles. The molecule has 1 N–H and O–H groups in total. The highest BCUT2D eigenvalue weighted by Crippen LogP contribution is 2.18. The van der Waals surface area contributed by atoms with Crippen LogP contribution in [0.3, 0.4) is 0 Å². The Bertz CT molecular complexity index is 556. The van der Waals surface area contributed by atoms with Crippen molar-refractivity contribution >= 4 is 29.9 Å². The van der Waals surface area contributed by atoms with Crippen molar-refractivity contribution in [2.45, 2.75) is 46.5 Å². The first-order chi connectivity index (χ1) is 12.1. The van der Waals surface area contributed by atoms with Gasteiger partial charge < -0.3 is 15.0 Å². The molecule has 0 aliphatic carbocycles. The number of aryl methyl sites for hydroxylation is 2. The molecule has 0 unspecified atom stereocenters. The fraction of sp³-hybridized carbons (Fsp3) is 0.667. The number of benzene rings is 1. The van der Waals surface area contributed by atoms with Crippen LogP contribution in [0.1, 0.15) is 42.9 Å². The molecule has 1 aliphatic heterocycles. The minimum atomic E-state index is 0. The number of hydrogen-bond donors (Lipinski definition) is 1. The Morgan fingerprint density at radius 2 is 2.00 bits per heavy atom. The highest BCUT2D eigenvalue weighted by Gasteiger charge is 2.15. The molecule has 4 nitrogen and oxygen atoms in total. The van der Waals surface area contributed by atoms with E-state index in [4.69, 9.17) is 9.73 Å². The van der Waals surface area contributed by atoms with Crippen LogP contribution in [0.15, 0.2) is 23.2 Å². The second-order valence-corrected chi connectivity index (χ2v) is 7.18. The van der Waals surface area contributed by atoms with Gasteiger partial charge in [-0.25, -0.2) is 0 Å². The number of aliphatic imine (C=N–C) groups is 1. The Balaban J connectivity index is 0.00000338. The molecular formula is C21H36IN3O. The monoisotopic (exact) mass is 473 g/mol. The second kappa shape index (κ2) is 12.5. The molecule has 0 bridgehead atoms. The number of guanidine groups is 1. The number of rotatable bonds is 7. The molecule has 1 fully saturated rings. The lowest BCUT2D eigenvalue weighted by Crippen LogP contribution is -2.40. The Hall–Kier alpha value is -0.820. The van der Waals surface area contributed by atoms with E-state index in [-0.39, 0.29) is 24.0 Å². The minimum absolute atomic E-state index is 0. The van der Waals surface area contributed by atoms with Gasteiger partial charge >= 0.3 is 0 Å². The van der Waals surface area contributed by atoms with E-state index < -0.39 is 0 Å².